The maximum absolute atomic E-state index is 13.0. The number of carbonyl (C=O) groups excluding carboxylic acids is 1. The van der Waals surface area contributed by atoms with E-state index in [0.29, 0.717) is 11.4 Å². The quantitative estimate of drug-likeness (QED) is 0.458. The number of esters is 1. The van der Waals surface area contributed by atoms with Crippen LogP contribution in [-0.2, 0) is 14.8 Å². The second kappa shape index (κ2) is 9.80. The molecule has 0 aliphatic rings. The molecular weight excluding hydrogens is 400 g/mol. The summed E-state index contributed by atoms with van der Waals surface area (Å²) in [5.74, 6) is -0.544. The van der Waals surface area contributed by atoms with Crippen LogP contribution < -0.4 is 9.62 Å². The molecule has 0 heterocycles. The van der Waals surface area contributed by atoms with Crippen molar-refractivity contribution in [3.63, 3.8) is 0 Å². The van der Waals surface area contributed by atoms with E-state index in [0.717, 1.165) is 5.56 Å². The molecular formula is C23H30N2O4S. The third-order valence-electron chi connectivity index (χ3n) is 4.53. The van der Waals surface area contributed by atoms with Gasteiger partial charge in [0.1, 0.15) is 6.61 Å². The van der Waals surface area contributed by atoms with E-state index in [2.05, 4.69) is 16.2 Å². The minimum atomic E-state index is -3.84. The van der Waals surface area contributed by atoms with E-state index in [4.69, 9.17) is 4.74 Å². The molecule has 0 aliphatic carbocycles. The van der Waals surface area contributed by atoms with Crippen LogP contribution in [0.3, 0.4) is 0 Å². The largest absolute Gasteiger partial charge is 0.458 e. The Morgan fingerprint density at radius 2 is 1.70 bits per heavy atom. The molecule has 0 saturated carbocycles. The summed E-state index contributed by atoms with van der Waals surface area (Å²) < 4.78 is 33.8. The van der Waals surface area contributed by atoms with Crippen LogP contribution in [-0.4, -0.2) is 33.1 Å². The molecule has 0 amide bonds. The monoisotopic (exact) mass is 430 g/mol. The molecule has 0 fully saturated rings. The molecule has 0 bridgehead atoms. The highest BCUT2D eigenvalue weighted by Gasteiger charge is 2.23. The van der Waals surface area contributed by atoms with Crippen LogP contribution in [0.1, 0.15) is 43.6 Å². The third kappa shape index (κ3) is 5.63. The highest BCUT2D eigenvalue weighted by Crippen LogP contribution is 2.32. The number of nitrogens with zero attached hydrogens (tertiary/aromatic N) is 1. The SMILES string of the molecule is C=CCOC(=O)c1ccc(N(C(C)C)C(C)C)c(NS(=O)(=O)c2ccc(C)cc2)c1. The van der Waals surface area contributed by atoms with Crippen molar-refractivity contribution < 1.29 is 17.9 Å². The van der Waals surface area contributed by atoms with Crippen LogP contribution in [0.25, 0.3) is 0 Å². The summed E-state index contributed by atoms with van der Waals surface area (Å²) in [7, 11) is -3.84. The lowest BCUT2D eigenvalue weighted by Gasteiger charge is -2.34. The fourth-order valence-corrected chi connectivity index (χ4v) is 4.33. The zero-order chi connectivity index (χ0) is 22.5. The Hall–Kier alpha value is -2.80. The Morgan fingerprint density at radius 1 is 1.10 bits per heavy atom. The summed E-state index contributed by atoms with van der Waals surface area (Å²) in [5, 5.41) is 0. The van der Waals surface area contributed by atoms with Gasteiger partial charge in [0.2, 0.25) is 0 Å². The average Bonchev–Trinajstić information content (AvgIpc) is 2.66. The second-order valence-corrected chi connectivity index (χ2v) is 9.31. The van der Waals surface area contributed by atoms with Crippen molar-refractivity contribution in [2.75, 3.05) is 16.2 Å². The number of hydrogen-bond acceptors (Lipinski definition) is 5. The molecule has 0 radical (unpaired) electrons. The molecule has 0 spiro atoms. The Labute approximate surface area is 179 Å². The van der Waals surface area contributed by atoms with E-state index < -0.39 is 16.0 Å². The van der Waals surface area contributed by atoms with Gasteiger partial charge in [0, 0.05) is 12.1 Å². The first-order valence-electron chi connectivity index (χ1n) is 9.86. The van der Waals surface area contributed by atoms with Gasteiger partial charge in [0.25, 0.3) is 10.0 Å². The maximum atomic E-state index is 13.0. The van der Waals surface area contributed by atoms with Gasteiger partial charge in [-0.15, -0.1) is 0 Å². The second-order valence-electron chi connectivity index (χ2n) is 7.63. The number of rotatable bonds is 9. The number of benzene rings is 2. The standard InChI is InChI=1S/C23H30N2O4S/c1-7-14-29-23(26)19-10-13-22(25(16(2)3)17(4)5)21(15-19)24-30(27,28)20-11-8-18(6)9-12-20/h7-13,15-17,24H,1,14H2,2-6H3. The molecule has 0 saturated heterocycles. The van der Waals surface area contributed by atoms with Crippen LogP contribution in [0, 0.1) is 6.92 Å². The van der Waals surface area contributed by atoms with Crippen molar-refractivity contribution in [2.45, 2.75) is 51.6 Å². The summed E-state index contributed by atoms with van der Waals surface area (Å²) in [5.41, 5.74) is 2.24. The first-order valence-corrected chi connectivity index (χ1v) is 11.3. The summed E-state index contributed by atoms with van der Waals surface area (Å²) in [4.78, 5) is 14.6. The molecule has 0 unspecified atom stereocenters. The van der Waals surface area contributed by atoms with E-state index in [1.165, 1.54) is 12.1 Å². The molecule has 30 heavy (non-hydrogen) atoms. The summed E-state index contributed by atoms with van der Waals surface area (Å²) in [6.45, 7) is 13.6. The van der Waals surface area contributed by atoms with Crippen LogP contribution in [0.4, 0.5) is 11.4 Å². The normalized spacial score (nSPS) is 11.4. The van der Waals surface area contributed by atoms with Gasteiger partial charge in [-0.1, -0.05) is 30.4 Å². The van der Waals surface area contributed by atoms with Gasteiger partial charge in [-0.3, -0.25) is 4.72 Å². The van der Waals surface area contributed by atoms with Crippen LogP contribution in [0.2, 0.25) is 0 Å². The Bertz CT molecular complexity index is 988. The van der Waals surface area contributed by atoms with Gasteiger partial charge in [0.05, 0.1) is 21.8 Å². The van der Waals surface area contributed by atoms with E-state index in [9.17, 15) is 13.2 Å². The smallest absolute Gasteiger partial charge is 0.338 e. The Morgan fingerprint density at radius 3 is 2.23 bits per heavy atom. The number of ether oxygens (including phenoxy) is 1. The molecule has 2 rings (SSSR count). The number of aryl methyl sites for hydroxylation is 1. The zero-order valence-electron chi connectivity index (χ0n) is 18.2. The fourth-order valence-electron chi connectivity index (χ4n) is 3.26. The minimum Gasteiger partial charge on any atom is -0.458 e. The van der Waals surface area contributed by atoms with Crippen LogP contribution >= 0.6 is 0 Å². The summed E-state index contributed by atoms with van der Waals surface area (Å²) >= 11 is 0. The predicted molar refractivity (Wildman–Crippen MR) is 122 cm³/mol. The molecule has 6 nitrogen and oxygen atoms in total. The van der Waals surface area contributed by atoms with Crippen LogP contribution in [0.5, 0.6) is 0 Å². The molecule has 2 aromatic carbocycles. The lowest BCUT2D eigenvalue weighted by atomic mass is 10.1. The van der Waals surface area contributed by atoms with Crippen molar-refractivity contribution in [3.05, 3.63) is 66.2 Å². The van der Waals surface area contributed by atoms with E-state index in [1.807, 2.05) is 34.6 Å². The highest BCUT2D eigenvalue weighted by molar-refractivity contribution is 7.92. The molecule has 7 heteroatoms. The lowest BCUT2D eigenvalue weighted by molar-refractivity contribution is 0.0550. The third-order valence-corrected chi connectivity index (χ3v) is 5.91. The zero-order valence-corrected chi connectivity index (χ0v) is 19.0. The van der Waals surface area contributed by atoms with Crippen molar-refractivity contribution in [1.82, 2.24) is 0 Å². The van der Waals surface area contributed by atoms with Crippen molar-refractivity contribution in [3.8, 4) is 0 Å². The molecule has 162 valence electrons. The van der Waals surface area contributed by atoms with Gasteiger partial charge < -0.3 is 9.64 Å². The van der Waals surface area contributed by atoms with E-state index >= 15 is 0 Å². The van der Waals surface area contributed by atoms with Gasteiger partial charge in [-0.25, -0.2) is 13.2 Å². The van der Waals surface area contributed by atoms with E-state index in [-0.39, 0.29) is 29.1 Å². The number of sulfonamides is 1. The van der Waals surface area contributed by atoms with Crippen molar-refractivity contribution in [1.29, 1.82) is 0 Å². The van der Waals surface area contributed by atoms with E-state index in [1.54, 1.807) is 36.4 Å². The fraction of sp³-hybridized carbons (Fsp3) is 0.348. The maximum Gasteiger partial charge on any atom is 0.338 e. The molecule has 1 N–H and O–H groups in total. The average molecular weight is 431 g/mol. The predicted octanol–water partition coefficient (Wildman–Crippen LogP) is 4.76. The number of nitrogens with one attached hydrogen (secondary N) is 1. The Kier molecular flexibility index (Phi) is 7.67. The topological polar surface area (TPSA) is 75.7 Å². The number of hydrogen-bond donors (Lipinski definition) is 1. The highest BCUT2D eigenvalue weighted by atomic mass is 32.2. The lowest BCUT2D eigenvalue weighted by Crippen LogP contribution is -2.37. The number of anilines is 2. The summed E-state index contributed by atoms with van der Waals surface area (Å²) in [6.07, 6.45) is 1.48. The van der Waals surface area contributed by atoms with Gasteiger partial charge in [0.15, 0.2) is 0 Å². The summed E-state index contributed by atoms with van der Waals surface area (Å²) in [6, 6.07) is 11.7. The van der Waals surface area contributed by atoms with Gasteiger partial charge in [-0.05, 0) is 65.0 Å². The first-order chi connectivity index (χ1) is 14.1. The molecule has 2 aromatic rings. The molecule has 0 atom stereocenters. The Balaban J connectivity index is 2.55. The van der Waals surface area contributed by atoms with Crippen molar-refractivity contribution >= 4 is 27.4 Å². The number of carbonyl (C=O) groups is 1. The van der Waals surface area contributed by atoms with Gasteiger partial charge in [-0.2, -0.15) is 0 Å². The van der Waals surface area contributed by atoms with Crippen LogP contribution in [0.15, 0.2) is 60.0 Å². The van der Waals surface area contributed by atoms with Crippen molar-refractivity contribution in [2.24, 2.45) is 0 Å². The minimum absolute atomic E-state index is 0.0785. The molecule has 0 aliphatic heterocycles. The van der Waals surface area contributed by atoms with Gasteiger partial charge >= 0.3 is 5.97 Å². The molecule has 0 aromatic heterocycles. The first kappa shape index (κ1) is 23.5.